The van der Waals surface area contributed by atoms with Gasteiger partial charge in [0.2, 0.25) is 11.8 Å². The molecule has 7 atom stereocenters. The molecule has 2 amide bonds. The lowest BCUT2D eigenvalue weighted by Gasteiger charge is -2.60. The van der Waals surface area contributed by atoms with Crippen LogP contribution in [0.15, 0.2) is 66.7 Å². The van der Waals surface area contributed by atoms with Crippen LogP contribution in [0.1, 0.15) is 63.5 Å². The van der Waals surface area contributed by atoms with Gasteiger partial charge in [-0.2, -0.15) is 13.2 Å². The van der Waals surface area contributed by atoms with Crippen LogP contribution in [0.3, 0.4) is 0 Å². The van der Waals surface area contributed by atoms with Crippen molar-refractivity contribution in [2.45, 2.75) is 71.1 Å². The van der Waals surface area contributed by atoms with Crippen molar-refractivity contribution in [3.8, 4) is 0 Å². The van der Waals surface area contributed by atoms with Gasteiger partial charge in [0, 0.05) is 23.9 Å². The molecular weight excluding hydrogens is 513 g/mol. The van der Waals surface area contributed by atoms with Crippen molar-refractivity contribution < 1.29 is 22.8 Å². The molecule has 3 saturated carbocycles. The normalized spacial score (nSPS) is 35.1. The van der Waals surface area contributed by atoms with E-state index in [1.807, 2.05) is 18.2 Å². The van der Waals surface area contributed by atoms with Gasteiger partial charge in [0.1, 0.15) is 0 Å². The molecule has 0 bridgehead atoms. The molecule has 2 aromatic carbocycles. The lowest BCUT2D eigenvalue weighted by Crippen LogP contribution is -2.60. The number of fused-ring (bicyclic) bond motifs is 5. The largest absolute Gasteiger partial charge is 0.418 e. The second-order valence-corrected chi connectivity index (χ2v) is 12.8. The standard InChI is InChI=1S/C33H37F3N2O2/c1-31-18-16-24-22(12-15-28-32(24,2)19-17-29(39)38(28)20-21-8-4-3-5-9-21)23(31)13-14-26(31)30(40)37-27-11-7-6-10-25(27)33(34,35)36/h3-11,17,19,22-24,26,28H,12-16,18,20H2,1-2H3,(H,37,40)/t22-,23-,24+,26?,28?,31-,32+/m0/s1. The summed E-state index contributed by atoms with van der Waals surface area (Å²) in [5.41, 5.74) is -0.233. The van der Waals surface area contributed by atoms with Gasteiger partial charge in [-0.25, -0.2) is 0 Å². The fourth-order valence-electron chi connectivity index (χ4n) is 9.06. The maximum absolute atomic E-state index is 13.6. The number of carbonyl (C=O) groups is 2. The van der Waals surface area contributed by atoms with Gasteiger partial charge in [0.05, 0.1) is 11.3 Å². The molecule has 1 aliphatic heterocycles. The van der Waals surface area contributed by atoms with E-state index in [0.717, 1.165) is 43.7 Å². The minimum absolute atomic E-state index is 0.0714. The predicted octanol–water partition coefficient (Wildman–Crippen LogP) is 7.47. The fourth-order valence-corrected chi connectivity index (χ4v) is 9.06. The minimum Gasteiger partial charge on any atom is -0.331 e. The quantitative estimate of drug-likeness (QED) is 0.429. The molecule has 2 aromatic rings. The van der Waals surface area contributed by atoms with Crippen LogP contribution in [-0.4, -0.2) is 22.8 Å². The third-order valence-electron chi connectivity index (χ3n) is 11.0. The lowest BCUT2D eigenvalue weighted by molar-refractivity contribution is -0.144. The molecule has 2 unspecified atom stereocenters. The average Bonchev–Trinajstić information content (AvgIpc) is 3.28. The van der Waals surface area contributed by atoms with Gasteiger partial charge in [0.25, 0.3) is 0 Å². The molecule has 1 heterocycles. The van der Waals surface area contributed by atoms with Crippen molar-refractivity contribution in [2.24, 2.45) is 34.5 Å². The molecule has 3 fully saturated rings. The summed E-state index contributed by atoms with van der Waals surface area (Å²) in [6.07, 6.45) is 4.73. The number of amides is 2. The highest BCUT2D eigenvalue weighted by atomic mass is 19.4. The molecule has 4 aliphatic rings. The van der Waals surface area contributed by atoms with Crippen LogP contribution in [0.25, 0.3) is 0 Å². The summed E-state index contributed by atoms with van der Waals surface area (Å²) in [5, 5.41) is 2.66. The zero-order chi connectivity index (χ0) is 28.3. The molecule has 3 aliphatic carbocycles. The summed E-state index contributed by atoms with van der Waals surface area (Å²) >= 11 is 0. The highest BCUT2D eigenvalue weighted by Crippen LogP contribution is 2.65. The molecule has 212 valence electrons. The molecule has 0 saturated heterocycles. The first-order valence-electron chi connectivity index (χ1n) is 14.5. The van der Waals surface area contributed by atoms with Gasteiger partial charge in [-0.15, -0.1) is 0 Å². The van der Waals surface area contributed by atoms with Crippen molar-refractivity contribution in [2.75, 3.05) is 5.32 Å². The fraction of sp³-hybridized carbons (Fsp3) is 0.515. The number of nitrogens with zero attached hydrogens (tertiary/aromatic N) is 1. The van der Waals surface area contributed by atoms with E-state index in [2.05, 4.69) is 42.3 Å². The highest BCUT2D eigenvalue weighted by Gasteiger charge is 2.61. The Morgan fingerprint density at radius 2 is 1.68 bits per heavy atom. The van der Waals surface area contributed by atoms with Crippen LogP contribution in [-0.2, 0) is 22.3 Å². The first-order chi connectivity index (χ1) is 19.0. The monoisotopic (exact) mass is 550 g/mol. The van der Waals surface area contributed by atoms with Gasteiger partial charge >= 0.3 is 6.18 Å². The number of halogens is 3. The van der Waals surface area contributed by atoms with Crippen molar-refractivity contribution in [3.05, 3.63) is 77.9 Å². The minimum atomic E-state index is -4.53. The predicted molar refractivity (Wildman–Crippen MR) is 148 cm³/mol. The van der Waals surface area contributed by atoms with Crippen molar-refractivity contribution in [1.82, 2.24) is 4.90 Å². The Morgan fingerprint density at radius 1 is 0.950 bits per heavy atom. The number of alkyl halides is 3. The maximum Gasteiger partial charge on any atom is 0.418 e. The van der Waals surface area contributed by atoms with Crippen molar-refractivity contribution in [1.29, 1.82) is 0 Å². The maximum atomic E-state index is 13.6. The molecule has 7 heteroatoms. The molecule has 1 N–H and O–H groups in total. The van der Waals surface area contributed by atoms with Crippen LogP contribution in [0.5, 0.6) is 0 Å². The first kappa shape index (κ1) is 27.1. The average molecular weight is 551 g/mol. The SMILES string of the molecule is C[C@]12C=CC(=O)N(Cc3ccccc3)C1CC[C@@H]1[C@H]2CC[C@]2(C)C(C(=O)Nc3ccccc3C(F)(F)F)CC[C@@H]12. The van der Waals surface area contributed by atoms with E-state index in [1.165, 1.54) is 18.2 Å². The number of hydrogen-bond acceptors (Lipinski definition) is 2. The topological polar surface area (TPSA) is 49.4 Å². The van der Waals surface area contributed by atoms with E-state index in [1.54, 1.807) is 6.08 Å². The Kier molecular flexibility index (Phi) is 6.62. The van der Waals surface area contributed by atoms with Gasteiger partial charge in [-0.3, -0.25) is 9.59 Å². The Balaban J connectivity index is 1.22. The molecule has 40 heavy (non-hydrogen) atoms. The van der Waals surface area contributed by atoms with Crippen LogP contribution in [0, 0.1) is 34.5 Å². The number of hydrogen-bond donors (Lipinski definition) is 1. The summed E-state index contributed by atoms with van der Waals surface area (Å²) in [6.45, 7) is 5.10. The van der Waals surface area contributed by atoms with Crippen molar-refractivity contribution >= 4 is 17.5 Å². The number of carbonyl (C=O) groups excluding carboxylic acids is 2. The van der Waals surface area contributed by atoms with Crippen molar-refractivity contribution in [3.63, 3.8) is 0 Å². The number of para-hydroxylation sites is 1. The Morgan fingerprint density at radius 3 is 2.42 bits per heavy atom. The first-order valence-corrected chi connectivity index (χ1v) is 14.5. The summed E-state index contributed by atoms with van der Waals surface area (Å²) in [4.78, 5) is 28.6. The number of anilines is 1. The summed E-state index contributed by atoms with van der Waals surface area (Å²) in [7, 11) is 0. The van der Waals surface area contributed by atoms with E-state index in [4.69, 9.17) is 0 Å². The molecule has 0 aromatic heterocycles. The molecule has 6 rings (SSSR count). The summed E-state index contributed by atoms with van der Waals surface area (Å²) in [6, 6.07) is 15.5. The van der Waals surface area contributed by atoms with Crippen LogP contribution in [0.4, 0.5) is 18.9 Å². The van der Waals surface area contributed by atoms with Crippen LogP contribution in [0.2, 0.25) is 0 Å². The zero-order valence-electron chi connectivity index (χ0n) is 23.1. The third kappa shape index (κ3) is 4.36. The molecule has 4 nitrogen and oxygen atoms in total. The van der Waals surface area contributed by atoms with E-state index in [0.29, 0.717) is 30.7 Å². The van der Waals surface area contributed by atoms with Crippen LogP contribution >= 0.6 is 0 Å². The Bertz CT molecular complexity index is 1320. The molecule has 0 spiro atoms. The van der Waals surface area contributed by atoms with E-state index in [9.17, 15) is 22.8 Å². The van der Waals surface area contributed by atoms with Gasteiger partial charge < -0.3 is 10.2 Å². The Hall–Kier alpha value is -3.09. The third-order valence-corrected chi connectivity index (χ3v) is 11.0. The summed E-state index contributed by atoms with van der Waals surface area (Å²) < 4.78 is 40.7. The molecule has 0 radical (unpaired) electrons. The smallest absolute Gasteiger partial charge is 0.331 e. The van der Waals surface area contributed by atoms with Crippen LogP contribution < -0.4 is 5.32 Å². The Labute approximate surface area is 234 Å². The van der Waals surface area contributed by atoms with Gasteiger partial charge in [0.15, 0.2) is 0 Å². The van der Waals surface area contributed by atoms with Gasteiger partial charge in [-0.1, -0.05) is 62.4 Å². The number of nitrogens with one attached hydrogen (secondary N) is 1. The van der Waals surface area contributed by atoms with E-state index in [-0.39, 0.29) is 40.3 Å². The second kappa shape index (κ2) is 9.78. The van der Waals surface area contributed by atoms with Gasteiger partial charge in [-0.05, 0) is 85.5 Å². The summed E-state index contributed by atoms with van der Waals surface area (Å²) in [5.74, 6) is 0.630. The lowest BCUT2D eigenvalue weighted by atomic mass is 9.47. The zero-order valence-corrected chi connectivity index (χ0v) is 23.1. The number of benzene rings is 2. The van der Waals surface area contributed by atoms with E-state index >= 15 is 0 Å². The van der Waals surface area contributed by atoms with E-state index < -0.39 is 11.7 Å². The second-order valence-electron chi connectivity index (χ2n) is 12.8. The number of rotatable bonds is 4. The highest BCUT2D eigenvalue weighted by molar-refractivity contribution is 5.94. The molecular formula is C33H37F3N2O2.